The van der Waals surface area contributed by atoms with E-state index in [0.29, 0.717) is 11.4 Å². The highest BCUT2D eigenvalue weighted by Crippen LogP contribution is 2.24. The molecule has 14 heavy (non-hydrogen) atoms. The molecule has 1 aromatic carbocycles. The molecule has 0 fully saturated rings. The molecule has 0 heterocycles. The van der Waals surface area contributed by atoms with Gasteiger partial charge in [0.1, 0.15) is 0 Å². The molecular weight excluding hydrogens is 198 g/mol. The van der Waals surface area contributed by atoms with E-state index >= 15 is 0 Å². The number of hydrogen-bond acceptors (Lipinski definition) is 1. The van der Waals surface area contributed by atoms with E-state index < -0.39 is 0 Å². The van der Waals surface area contributed by atoms with Crippen LogP contribution >= 0.6 is 11.6 Å². The van der Waals surface area contributed by atoms with Crippen molar-refractivity contribution in [2.45, 2.75) is 25.7 Å². The van der Waals surface area contributed by atoms with Gasteiger partial charge in [-0.25, -0.2) is 0 Å². The van der Waals surface area contributed by atoms with Crippen molar-refractivity contribution < 1.29 is 4.79 Å². The molecule has 0 aliphatic heterocycles. The fourth-order valence-electron chi connectivity index (χ4n) is 1.48. The molecule has 0 unspecified atom stereocenters. The minimum absolute atomic E-state index is 0.213. The molecule has 1 atom stereocenters. The van der Waals surface area contributed by atoms with E-state index in [-0.39, 0.29) is 11.8 Å². The molecule has 0 aromatic heterocycles. The van der Waals surface area contributed by atoms with Crippen LogP contribution in [0.25, 0.3) is 0 Å². The average molecular weight is 212 g/mol. The summed E-state index contributed by atoms with van der Waals surface area (Å²) < 4.78 is 0. The molecule has 0 saturated heterocycles. The number of hydrogen-bond donors (Lipinski definition) is 1. The van der Waals surface area contributed by atoms with E-state index in [4.69, 9.17) is 17.3 Å². The summed E-state index contributed by atoms with van der Waals surface area (Å²) in [6.45, 7) is 2.04. The molecule has 2 N–H and O–H groups in total. The van der Waals surface area contributed by atoms with E-state index in [1.54, 1.807) is 0 Å². The highest BCUT2D eigenvalue weighted by Gasteiger charge is 2.11. The quantitative estimate of drug-likeness (QED) is 0.818. The maximum absolute atomic E-state index is 10.8. The van der Waals surface area contributed by atoms with Crippen LogP contribution in [0.4, 0.5) is 0 Å². The van der Waals surface area contributed by atoms with Crippen molar-refractivity contribution >= 4 is 17.5 Å². The number of benzene rings is 1. The van der Waals surface area contributed by atoms with E-state index in [1.165, 1.54) is 0 Å². The van der Waals surface area contributed by atoms with Gasteiger partial charge in [-0.2, -0.15) is 0 Å². The van der Waals surface area contributed by atoms with Crippen LogP contribution in [0.15, 0.2) is 24.3 Å². The van der Waals surface area contributed by atoms with E-state index in [2.05, 4.69) is 0 Å². The summed E-state index contributed by atoms with van der Waals surface area (Å²) in [7, 11) is 0. The third-order valence-electron chi connectivity index (χ3n) is 2.28. The lowest BCUT2D eigenvalue weighted by Crippen LogP contribution is -2.14. The summed E-state index contributed by atoms with van der Waals surface area (Å²) in [4.78, 5) is 10.8. The molecule has 1 aromatic rings. The highest BCUT2D eigenvalue weighted by atomic mass is 35.5. The molecule has 76 valence electrons. The Morgan fingerprint density at radius 2 is 2.00 bits per heavy atom. The number of halogens is 1. The van der Waals surface area contributed by atoms with Gasteiger partial charge in [0.05, 0.1) is 0 Å². The lowest BCUT2D eigenvalue weighted by molar-refractivity contribution is -0.118. The maximum Gasteiger partial charge on any atom is 0.218 e. The molecule has 3 heteroatoms. The zero-order valence-electron chi connectivity index (χ0n) is 8.16. The number of carbonyl (C=O) groups excluding carboxylic acids is 1. The highest BCUT2D eigenvalue weighted by molar-refractivity contribution is 6.30. The number of rotatable bonds is 4. The number of carbonyl (C=O) groups is 1. The van der Waals surface area contributed by atoms with E-state index in [1.807, 2.05) is 31.2 Å². The number of amides is 1. The second kappa shape index (κ2) is 5.01. The minimum Gasteiger partial charge on any atom is -0.370 e. The van der Waals surface area contributed by atoms with Crippen molar-refractivity contribution in [3.8, 4) is 0 Å². The van der Waals surface area contributed by atoms with Gasteiger partial charge < -0.3 is 5.73 Å². The summed E-state index contributed by atoms with van der Waals surface area (Å²) in [5.41, 5.74) is 6.29. The van der Waals surface area contributed by atoms with Crippen molar-refractivity contribution in [1.82, 2.24) is 0 Å². The van der Waals surface area contributed by atoms with Gasteiger partial charge in [-0.1, -0.05) is 30.7 Å². The number of nitrogens with two attached hydrogens (primary N) is 1. The summed E-state index contributed by atoms with van der Waals surface area (Å²) in [6, 6.07) is 7.56. The first-order chi connectivity index (χ1) is 6.63. The Morgan fingerprint density at radius 1 is 1.43 bits per heavy atom. The average Bonchev–Trinajstić information content (AvgIpc) is 2.15. The monoisotopic (exact) mass is 211 g/mol. The largest absolute Gasteiger partial charge is 0.370 e. The normalized spacial score (nSPS) is 12.4. The number of primary amides is 1. The molecule has 0 bridgehead atoms. The zero-order valence-corrected chi connectivity index (χ0v) is 8.92. The van der Waals surface area contributed by atoms with Gasteiger partial charge in [-0.05, 0) is 30.0 Å². The Kier molecular flexibility index (Phi) is 3.96. The first-order valence-electron chi connectivity index (χ1n) is 4.67. The molecule has 2 nitrogen and oxygen atoms in total. The van der Waals surface area contributed by atoms with Crippen LogP contribution in [0.5, 0.6) is 0 Å². The van der Waals surface area contributed by atoms with Crippen molar-refractivity contribution in [2.24, 2.45) is 5.73 Å². The van der Waals surface area contributed by atoms with Crippen LogP contribution in [-0.2, 0) is 4.79 Å². The van der Waals surface area contributed by atoms with Crippen molar-refractivity contribution in [3.05, 3.63) is 34.9 Å². The summed E-state index contributed by atoms with van der Waals surface area (Å²) >= 11 is 5.77. The first kappa shape index (κ1) is 11.1. The Balaban J connectivity index is 2.78. The lowest BCUT2D eigenvalue weighted by Gasteiger charge is -2.12. The lowest BCUT2D eigenvalue weighted by atomic mass is 9.93. The van der Waals surface area contributed by atoms with Gasteiger partial charge in [-0.3, -0.25) is 4.79 Å². The Morgan fingerprint density at radius 3 is 2.43 bits per heavy atom. The molecule has 0 spiro atoms. The van der Waals surface area contributed by atoms with Crippen LogP contribution in [-0.4, -0.2) is 5.91 Å². The maximum atomic E-state index is 10.8. The van der Waals surface area contributed by atoms with Crippen molar-refractivity contribution in [3.63, 3.8) is 0 Å². The van der Waals surface area contributed by atoms with E-state index in [0.717, 1.165) is 12.0 Å². The fourth-order valence-corrected chi connectivity index (χ4v) is 1.60. The first-order valence-corrected chi connectivity index (χ1v) is 5.05. The standard InChI is InChI=1S/C11H14ClNO/c1-2-8(7-11(13)14)9-3-5-10(12)6-4-9/h3-6,8H,2,7H2,1H3,(H2,13,14)/t8-/m1/s1. The third kappa shape index (κ3) is 3.04. The van der Waals surface area contributed by atoms with Gasteiger partial charge in [0.2, 0.25) is 5.91 Å². The molecule has 1 rings (SSSR count). The van der Waals surface area contributed by atoms with E-state index in [9.17, 15) is 4.79 Å². The van der Waals surface area contributed by atoms with Gasteiger partial charge in [0, 0.05) is 11.4 Å². The molecular formula is C11H14ClNO. The Bertz CT molecular complexity index is 308. The van der Waals surface area contributed by atoms with Crippen LogP contribution in [0.2, 0.25) is 5.02 Å². The molecule has 0 aliphatic carbocycles. The minimum atomic E-state index is -0.258. The van der Waals surface area contributed by atoms with Crippen LogP contribution in [0, 0.1) is 0 Å². The summed E-state index contributed by atoms with van der Waals surface area (Å²) in [5.74, 6) is -0.0448. The van der Waals surface area contributed by atoms with Crippen molar-refractivity contribution in [2.75, 3.05) is 0 Å². The summed E-state index contributed by atoms with van der Waals surface area (Å²) in [5, 5.41) is 0.711. The Hall–Kier alpha value is -1.02. The molecule has 0 radical (unpaired) electrons. The van der Waals surface area contributed by atoms with Gasteiger partial charge in [0.15, 0.2) is 0 Å². The zero-order chi connectivity index (χ0) is 10.6. The van der Waals surface area contributed by atoms with Gasteiger partial charge in [-0.15, -0.1) is 0 Å². The van der Waals surface area contributed by atoms with Gasteiger partial charge >= 0.3 is 0 Å². The Labute approximate surface area is 89.1 Å². The molecule has 0 saturated carbocycles. The molecule has 0 aliphatic rings. The third-order valence-corrected chi connectivity index (χ3v) is 2.53. The fraction of sp³-hybridized carbons (Fsp3) is 0.364. The second-order valence-electron chi connectivity index (χ2n) is 3.33. The van der Waals surface area contributed by atoms with Crippen LogP contribution in [0.3, 0.4) is 0 Å². The predicted octanol–water partition coefficient (Wildman–Crippen LogP) is 2.71. The van der Waals surface area contributed by atoms with Crippen molar-refractivity contribution in [1.29, 1.82) is 0 Å². The topological polar surface area (TPSA) is 43.1 Å². The van der Waals surface area contributed by atoms with Crippen LogP contribution in [0.1, 0.15) is 31.2 Å². The van der Waals surface area contributed by atoms with Crippen LogP contribution < -0.4 is 5.73 Å². The second-order valence-corrected chi connectivity index (χ2v) is 3.76. The smallest absolute Gasteiger partial charge is 0.218 e. The predicted molar refractivity (Wildman–Crippen MR) is 58.3 cm³/mol. The SMILES string of the molecule is CC[C@H](CC(N)=O)c1ccc(Cl)cc1. The van der Waals surface area contributed by atoms with Gasteiger partial charge in [0.25, 0.3) is 0 Å². The summed E-state index contributed by atoms with van der Waals surface area (Å²) in [6.07, 6.45) is 1.31. The molecule has 1 amide bonds.